The minimum absolute atomic E-state index is 0.0335. The fourth-order valence-electron chi connectivity index (χ4n) is 3.86. The second-order valence-electron chi connectivity index (χ2n) is 7.49. The van der Waals surface area contributed by atoms with Crippen molar-refractivity contribution in [1.29, 1.82) is 0 Å². The first-order chi connectivity index (χ1) is 14.4. The van der Waals surface area contributed by atoms with E-state index in [2.05, 4.69) is 9.97 Å². The molecule has 2 N–H and O–H groups in total. The number of aromatic nitrogens is 3. The third-order valence-corrected chi connectivity index (χ3v) is 5.67. The zero-order valence-electron chi connectivity index (χ0n) is 16.6. The van der Waals surface area contributed by atoms with Crippen LogP contribution in [-0.4, -0.2) is 38.4 Å². The molecule has 154 valence electrons. The van der Waals surface area contributed by atoms with Crippen molar-refractivity contribution in [2.45, 2.75) is 18.8 Å². The van der Waals surface area contributed by atoms with Gasteiger partial charge in [-0.25, -0.2) is 9.97 Å². The number of hydrogen-bond donors (Lipinski definition) is 1. The summed E-state index contributed by atoms with van der Waals surface area (Å²) in [4.78, 5) is 35.2. The topological polar surface area (TPSA) is 94.1 Å². The maximum atomic E-state index is 13.0. The number of carbonyl (C=O) groups is 1. The number of aryl methyl sites for hydroxylation is 1. The molecule has 1 aliphatic rings. The number of anilines is 1. The van der Waals surface area contributed by atoms with Crippen molar-refractivity contribution in [3.05, 3.63) is 75.4 Å². The lowest BCUT2D eigenvalue weighted by atomic mass is 9.89. The molecule has 8 heteroatoms. The highest BCUT2D eigenvalue weighted by atomic mass is 35.5. The fourth-order valence-corrected chi connectivity index (χ4v) is 3.99. The van der Waals surface area contributed by atoms with Gasteiger partial charge in [-0.2, -0.15) is 0 Å². The summed E-state index contributed by atoms with van der Waals surface area (Å²) in [5.41, 5.74) is 8.93. The third-order valence-electron chi connectivity index (χ3n) is 5.42. The van der Waals surface area contributed by atoms with Crippen molar-refractivity contribution in [2.75, 3.05) is 18.8 Å². The number of nitrogens with two attached hydrogens (primary N) is 1. The average molecular weight is 424 g/mol. The van der Waals surface area contributed by atoms with Gasteiger partial charge in [0.1, 0.15) is 0 Å². The van der Waals surface area contributed by atoms with Crippen LogP contribution in [0.25, 0.3) is 11.1 Å². The first-order valence-electron chi connectivity index (χ1n) is 9.76. The Bertz CT molecular complexity index is 1140. The first kappa shape index (κ1) is 20.1. The summed E-state index contributed by atoms with van der Waals surface area (Å²) in [6, 6.07) is 10.5. The smallest absolute Gasteiger partial charge is 0.255 e. The molecule has 1 aliphatic heterocycles. The van der Waals surface area contributed by atoms with Crippen LogP contribution in [0, 0.1) is 0 Å². The van der Waals surface area contributed by atoms with Gasteiger partial charge in [0.05, 0.1) is 11.3 Å². The summed E-state index contributed by atoms with van der Waals surface area (Å²) < 4.78 is 1.42. The van der Waals surface area contributed by atoms with Gasteiger partial charge in [-0.1, -0.05) is 23.7 Å². The lowest BCUT2D eigenvalue weighted by molar-refractivity contribution is 0.0705. The predicted molar refractivity (Wildman–Crippen MR) is 116 cm³/mol. The van der Waals surface area contributed by atoms with Crippen LogP contribution < -0.4 is 11.3 Å². The Morgan fingerprint density at radius 1 is 1.20 bits per heavy atom. The second-order valence-corrected chi connectivity index (χ2v) is 7.93. The van der Waals surface area contributed by atoms with Crippen LogP contribution in [0.1, 0.15) is 34.8 Å². The Kier molecular flexibility index (Phi) is 5.55. The summed E-state index contributed by atoms with van der Waals surface area (Å²) >= 11 is 6.03. The molecule has 4 rings (SSSR count). The lowest BCUT2D eigenvalue weighted by Gasteiger charge is -2.33. The summed E-state index contributed by atoms with van der Waals surface area (Å²) in [6.45, 7) is 1.19. The SMILES string of the molecule is Cn1cc(C(=O)N2CCC[C@H](c3nc(N)ncc3-c3ccc(Cl)cc3)C2)ccc1=O. The zero-order chi connectivity index (χ0) is 21.3. The van der Waals surface area contributed by atoms with Crippen LogP contribution in [0.3, 0.4) is 0 Å². The Labute approximate surface area is 179 Å². The van der Waals surface area contributed by atoms with Gasteiger partial charge in [0, 0.05) is 55.1 Å². The third kappa shape index (κ3) is 4.07. The minimum Gasteiger partial charge on any atom is -0.368 e. The molecule has 30 heavy (non-hydrogen) atoms. The zero-order valence-corrected chi connectivity index (χ0v) is 17.3. The molecule has 1 atom stereocenters. The number of hydrogen-bond acceptors (Lipinski definition) is 5. The number of amides is 1. The van der Waals surface area contributed by atoms with E-state index in [0.717, 1.165) is 29.7 Å². The van der Waals surface area contributed by atoms with E-state index < -0.39 is 0 Å². The van der Waals surface area contributed by atoms with Gasteiger partial charge in [-0.3, -0.25) is 9.59 Å². The maximum absolute atomic E-state index is 13.0. The monoisotopic (exact) mass is 423 g/mol. The normalized spacial score (nSPS) is 16.5. The van der Waals surface area contributed by atoms with Crippen LogP contribution in [0.2, 0.25) is 5.02 Å². The van der Waals surface area contributed by atoms with Gasteiger partial charge >= 0.3 is 0 Å². The molecular formula is C22H22ClN5O2. The van der Waals surface area contributed by atoms with E-state index in [1.807, 2.05) is 29.2 Å². The quantitative estimate of drug-likeness (QED) is 0.698. The molecule has 7 nitrogen and oxygen atoms in total. The van der Waals surface area contributed by atoms with Gasteiger partial charge in [0.2, 0.25) is 11.5 Å². The number of piperidine rings is 1. The number of pyridine rings is 1. The van der Waals surface area contributed by atoms with Crippen LogP contribution in [0.5, 0.6) is 0 Å². The van der Waals surface area contributed by atoms with E-state index in [0.29, 0.717) is 23.7 Å². The highest BCUT2D eigenvalue weighted by Gasteiger charge is 2.28. The van der Waals surface area contributed by atoms with E-state index in [1.165, 1.54) is 10.6 Å². The highest BCUT2D eigenvalue weighted by Crippen LogP contribution is 2.34. The van der Waals surface area contributed by atoms with Crippen LogP contribution in [0.15, 0.2) is 53.6 Å². The fraction of sp³-hybridized carbons (Fsp3) is 0.273. The molecular weight excluding hydrogens is 402 g/mol. The molecule has 2 aromatic heterocycles. The van der Waals surface area contributed by atoms with Gasteiger partial charge < -0.3 is 15.2 Å². The van der Waals surface area contributed by atoms with E-state index in [-0.39, 0.29) is 23.3 Å². The molecule has 0 aliphatic carbocycles. The Balaban J connectivity index is 1.64. The molecule has 1 amide bonds. The molecule has 0 bridgehead atoms. The van der Waals surface area contributed by atoms with E-state index in [9.17, 15) is 9.59 Å². The van der Waals surface area contributed by atoms with Crippen molar-refractivity contribution in [1.82, 2.24) is 19.4 Å². The van der Waals surface area contributed by atoms with Crippen LogP contribution in [0.4, 0.5) is 5.95 Å². The van der Waals surface area contributed by atoms with Crippen molar-refractivity contribution in [3.8, 4) is 11.1 Å². The van der Waals surface area contributed by atoms with E-state index in [1.54, 1.807) is 25.5 Å². The first-order valence-corrected chi connectivity index (χ1v) is 10.1. The van der Waals surface area contributed by atoms with Gasteiger partial charge in [-0.05, 0) is 36.6 Å². The van der Waals surface area contributed by atoms with Crippen molar-refractivity contribution >= 4 is 23.5 Å². The molecule has 1 saturated heterocycles. The van der Waals surface area contributed by atoms with E-state index >= 15 is 0 Å². The predicted octanol–water partition coefficient (Wildman–Crippen LogP) is 3.10. The van der Waals surface area contributed by atoms with Gasteiger partial charge in [0.15, 0.2) is 0 Å². The number of benzene rings is 1. The van der Waals surface area contributed by atoms with Crippen molar-refractivity contribution < 1.29 is 4.79 Å². The molecule has 0 spiro atoms. The van der Waals surface area contributed by atoms with Crippen molar-refractivity contribution in [3.63, 3.8) is 0 Å². The van der Waals surface area contributed by atoms with Gasteiger partial charge in [-0.15, -0.1) is 0 Å². The molecule has 3 heterocycles. The highest BCUT2D eigenvalue weighted by molar-refractivity contribution is 6.30. The molecule has 0 radical (unpaired) electrons. The minimum atomic E-state index is -0.146. The number of nitrogen functional groups attached to an aromatic ring is 1. The molecule has 1 fully saturated rings. The molecule has 0 saturated carbocycles. The number of halogens is 1. The van der Waals surface area contributed by atoms with Crippen molar-refractivity contribution in [2.24, 2.45) is 7.05 Å². The summed E-state index contributed by atoms with van der Waals surface area (Å²) in [7, 11) is 1.64. The molecule has 0 unspecified atom stereocenters. The molecule has 1 aromatic carbocycles. The van der Waals surface area contributed by atoms with E-state index in [4.69, 9.17) is 17.3 Å². The number of likely N-dealkylation sites (tertiary alicyclic amines) is 1. The van der Waals surface area contributed by atoms with Gasteiger partial charge in [0.25, 0.3) is 5.91 Å². The summed E-state index contributed by atoms with van der Waals surface area (Å²) in [5.74, 6) is 0.154. The molecule has 3 aromatic rings. The second kappa shape index (κ2) is 8.28. The largest absolute Gasteiger partial charge is 0.368 e. The Morgan fingerprint density at radius 3 is 2.70 bits per heavy atom. The van der Waals surface area contributed by atoms with Crippen LogP contribution >= 0.6 is 11.6 Å². The standard InChI is InChI=1S/C22H22ClN5O2/c1-27-12-16(6-9-19(27)29)21(30)28-10-2-3-15(13-28)20-18(11-25-22(24)26-20)14-4-7-17(23)8-5-14/h4-9,11-12,15H,2-3,10,13H2,1H3,(H2,24,25,26)/t15-/m0/s1. The number of nitrogens with zero attached hydrogens (tertiary/aromatic N) is 4. The summed E-state index contributed by atoms with van der Waals surface area (Å²) in [6.07, 6.45) is 5.06. The Hall–Kier alpha value is -3.19. The lowest BCUT2D eigenvalue weighted by Crippen LogP contribution is -2.40. The number of rotatable bonds is 3. The van der Waals surface area contributed by atoms with Crippen LogP contribution in [-0.2, 0) is 7.05 Å². The maximum Gasteiger partial charge on any atom is 0.255 e. The number of carbonyl (C=O) groups excluding carboxylic acids is 1. The Morgan fingerprint density at radius 2 is 1.97 bits per heavy atom. The summed E-state index contributed by atoms with van der Waals surface area (Å²) in [5, 5.41) is 0.656. The average Bonchev–Trinajstić information content (AvgIpc) is 2.76.